The Morgan fingerprint density at radius 3 is 1.16 bits per heavy atom. The lowest BCUT2D eigenvalue weighted by Gasteiger charge is -2.34. The Hall–Kier alpha value is -0.360. The molecule has 0 fully saturated rings. The van der Waals surface area contributed by atoms with E-state index in [1.54, 1.807) is 0 Å². The third-order valence-corrected chi connectivity index (χ3v) is 4.48. The van der Waals surface area contributed by atoms with Crippen LogP contribution in [0.25, 0.3) is 0 Å². The van der Waals surface area contributed by atoms with E-state index in [0.29, 0.717) is 45.3 Å². The predicted octanol–water partition coefficient (Wildman–Crippen LogP) is -3.60. The molecule has 9 heteroatoms. The summed E-state index contributed by atoms with van der Waals surface area (Å²) in [5.74, 6) is 0. The molecule has 0 saturated carbocycles. The molecule has 0 radical (unpaired) electrons. The topological polar surface area (TPSA) is 166 Å². The fourth-order valence-electron chi connectivity index (χ4n) is 3.06. The van der Waals surface area contributed by atoms with Gasteiger partial charge in [0.15, 0.2) is 0 Å². The van der Waals surface area contributed by atoms with Gasteiger partial charge in [0.2, 0.25) is 0 Å². The maximum Gasteiger partial charge on any atom is 0.0231 e. The molecule has 0 aromatic carbocycles. The van der Waals surface area contributed by atoms with Crippen molar-refractivity contribution in [1.82, 2.24) is 14.7 Å². The van der Waals surface area contributed by atoms with Gasteiger partial charge in [-0.15, -0.1) is 0 Å². The van der Waals surface area contributed by atoms with Crippen LogP contribution in [0.15, 0.2) is 0 Å². The molecule has 0 spiro atoms. The second-order valence-electron chi connectivity index (χ2n) is 6.34. The minimum absolute atomic E-state index is 0.292. The summed E-state index contributed by atoms with van der Waals surface area (Å²) >= 11 is 0. The Kier molecular flexibility index (Phi) is 16.8. The van der Waals surface area contributed by atoms with Gasteiger partial charge >= 0.3 is 0 Å². The zero-order chi connectivity index (χ0) is 18.9. The van der Waals surface area contributed by atoms with Crippen LogP contribution in [0.2, 0.25) is 0 Å². The van der Waals surface area contributed by atoms with Crippen LogP contribution in [0, 0.1) is 0 Å². The highest BCUT2D eigenvalue weighted by molar-refractivity contribution is 4.76. The van der Waals surface area contributed by atoms with Crippen LogP contribution in [0.5, 0.6) is 0 Å². The number of hydrogen-bond donors (Lipinski definition) is 6. The summed E-state index contributed by atoms with van der Waals surface area (Å²) in [5, 5.41) is 0. The molecule has 1 unspecified atom stereocenters. The quantitative estimate of drug-likeness (QED) is 0.145. The molecule has 0 aliphatic rings. The van der Waals surface area contributed by atoms with Crippen molar-refractivity contribution in [3.8, 4) is 0 Å². The molecule has 0 aromatic rings. The Bertz CT molecular complexity index is 248. The summed E-state index contributed by atoms with van der Waals surface area (Å²) in [6.45, 7) is 11.0. The van der Waals surface area contributed by atoms with Gasteiger partial charge in [0.1, 0.15) is 0 Å². The van der Waals surface area contributed by atoms with E-state index < -0.39 is 0 Å². The summed E-state index contributed by atoms with van der Waals surface area (Å²) in [6, 6.07) is 0.292. The van der Waals surface area contributed by atoms with Crippen LogP contribution in [0.1, 0.15) is 6.42 Å². The first-order valence-electron chi connectivity index (χ1n) is 9.55. The largest absolute Gasteiger partial charge is 0.330 e. The number of nitrogens with zero attached hydrogens (tertiary/aromatic N) is 3. The van der Waals surface area contributed by atoms with Gasteiger partial charge in [-0.05, 0) is 13.0 Å². The van der Waals surface area contributed by atoms with E-state index in [4.69, 9.17) is 34.4 Å². The van der Waals surface area contributed by atoms with Crippen LogP contribution in [0.4, 0.5) is 0 Å². The maximum atomic E-state index is 6.00. The fourth-order valence-corrected chi connectivity index (χ4v) is 3.06. The van der Waals surface area contributed by atoms with E-state index in [-0.39, 0.29) is 0 Å². The zero-order valence-corrected chi connectivity index (χ0v) is 16.0. The molecular formula is C16H43N9. The monoisotopic (exact) mass is 361 g/mol. The first-order chi connectivity index (χ1) is 12.2. The molecule has 0 aromatic heterocycles. The highest BCUT2D eigenvalue weighted by Gasteiger charge is 2.18. The molecule has 0 amide bonds. The van der Waals surface area contributed by atoms with E-state index in [0.717, 1.165) is 58.8 Å². The third kappa shape index (κ3) is 11.8. The van der Waals surface area contributed by atoms with Crippen LogP contribution < -0.4 is 34.4 Å². The average Bonchev–Trinajstić information content (AvgIpc) is 2.60. The first-order valence-corrected chi connectivity index (χ1v) is 9.55. The Morgan fingerprint density at radius 1 is 0.480 bits per heavy atom. The minimum atomic E-state index is 0.292. The van der Waals surface area contributed by atoms with Crippen LogP contribution in [-0.4, -0.2) is 112 Å². The standard InChI is InChI=1S/C16H43N9/c17-2-1-16(15-22)25(13-11-23(7-3-18)8-4-19)14-12-24(9-5-20)10-6-21/h16H,1-15,17-22H2. The number of nitrogens with two attached hydrogens (primary N) is 6. The fraction of sp³-hybridized carbons (Fsp3) is 1.00. The molecule has 0 bridgehead atoms. The second kappa shape index (κ2) is 17.1. The summed E-state index contributed by atoms with van der Waals surface area (Å²) in [5.41, 5.74) is 34.6. The van der Waals surface area contributed by atoms with Crippen molar-refractivity contribution in [2.75, 3.05) is 91.6 Å². The van der Waals surface area contributed by atoms with Gasteiger partial charge in [-0.3, -0.25) is 14.7 Å². The van der Waals surface area contributed by atoms with Crippen molar-refractivity contribution in [2.45, 2.75) is 12.5 Å². The van der Waals surface area contributed by atoms with Crippen molar-refractivity contribution < 1.29 is 0 Å². The smallest absolute Gasteiger partial charge is 0.0231 e. The van der Waals surface area contributed by atoms with Gasteiger partial charge in [-0.25, -0.2) is 0 Å². The highest BCUT2D eigenvalue weighted by atomic mass is 15.2. The SMILES string of the molecule is NCCC(CN)N(CCN(CCN)CCN)CCN(CCN)CCN. The van der Waals surface area contributed by atoms with E-state index in [2.05, 4.69) is 14.7 Å². The molecule has 25 heavy (non-hydrogen) atoms. The van der Waals surface area contributed by atoms with Gasteiger partial charge in [0.05, 0.1) is 0 Å². The summed E-state index contributed by atoms with van der Waals surface area (Å²) in [7, 11) is 0. The Morgan fingerprint density at radius 2 is 0.880 bits per heavy atom. The van der Waals surface area contributed by atoms with E-state index in [1.165, 1.54) is 0 Å². The lowest BCUT2D eigenvalue weighted by molar-refractivity contribution is 0.139. The number of hydrogen-bond acceptors (Lipinski definition) is 9. The Balaban J connectivity index is 4.72. The third-order valence-electron chi connectivity index (χ3n) is 4.48. The van der Waals surface area contributed by atoms with E-state index in [1.807, 2.05) is 0 Å². The number of rotatable bonds is 18. The molecule has 1 atom stereocenters. The molecule has 0 aliphatic heterocycles. The van der Waals surface area contributed by atoms with Crippen molar-refractivity contribution in [1.29, 1.82) is 0 Å². The van der Waals surface area contributed by atoms with Crippen molar-refractivity contribution in [2.24, 2.45) is 34.4 Å². The lowest BCUT2D eigenvalue weighted by atomic mass is 10.1. The summed E-state index contributed by atoms with van der Waals surface area (Å²) in [4.78, 5) is 7.05. The summed E-state index contributed by atoms with van der Waals surface area (Å²) < 4.78 is 0. The maximum absolute atomic E-state index is 6.00. The van der Waals surface area contributed by atoms with Crippen LogP contribution in [0.3, 0.4) is 0 Å². The van der Waals surface area contributed by atoms with Crippen LogP contribution in [-0.2, 0) is 0 Å². The first kappa shape index (κ1) is 24.6. The molecular weight excluding hydrogens is 318 g/mol. The normalized spacial score (nSPS) is 13.3. The predicted molar refractivity (Wildman–Crippen MR) is 107 cm³/mol. The second-order valence-corrected chi connectivity index (χ2v) is 6.34. The van der Waals surface area contributed by atoms with E-state index in [9.17, 15) is 0 Å². The molecule has 0 aliphatic carbocycles. The van der Waals surface area contributed by atoms with Gasteiger partial charge in [0.25, 0.3) is 0 Å². The molecule has 0 saturated heterocycles. The van der Waals surface area contributed by atoms with Crippen molar-refractivity contribution >= 4 is 0 Å². The highest BCUT2D eigenvalue weighted by Crippen LogP contribution is 2.04. The molecule has 152 valence electrons. The van der Waals surface area contributed by atoms with Crippen molar-refractivity contribution in [3.05, 3.63) is 0 Å². The lowest BCUT2D eigenvalue weighted by Crippen LogP contribution is -2.49. The molecule has 0 heterocycles. The van der Waals surface area contributed by atoms with Crippen molar-refractivity contribution in [3.63, 3.8) is 0 Å². The summed E-state index contributed by atoms with van der Waals surface area (Å²) in [6.07, 6.45) is 0.901. The average molecular weight is 362 g/mol. The van der Waals surface area contributed by atoms with Gasteiger partial charge in [-0.1, -0.05) is 0 Å². The molecule has 12 N–H and O–H groups in total. The minimum Gasteiger partial charge on any atom is -0.330 e. The Labute approximate surface area is 154 Å². The zero-order valence-electron chi connectivity index (χ0n) is 16.0. The molecule has 9 nitrogen and oxygen atoms in total. The van der Waals surface area contributed by atoms with Gasteiger partial charge in [-0.2, -0.15) is 0 Å². The van der Waals surface area contributed by atoms with E-state index >= 15 is 0 Å². The molecule has 0 rings (SSSR count). The van der Waals surface area contributed by atoms with Gasteiger partial charge in [0, 0.05) is 91.1 Å². The van der Waals surface area contributed by atoms with Crippen LogP contribution >= 0.6 is 0 Å². The van der Waals surface area contributed by atoms with Gasteiger partial charge < -0.3 is 34.4 Å².